The van der Waals surface area contributed by atoms with Crippen LogP contribution >= 0.6 is 0 Å². The van der Waals surface area contributed by atoms with Crippen LogP contribution in [0.2, 0.25) is 0 Å². The molecule has 0 aliphatic rings. The van der Waals surface area contributed by atoms with Gasteiger partial charge in [0, 0.05) is 12.2 Å². The number of halogens is 1. The van der Waals surface area contributed by atoms with Crippen LogP contribution in [0.3, 0.4) is 0 Å². The van der Waals surface area contributed by atoms with Gasteiger partial charge in [-0.25, -0.2) is 4.39 Å². The summed E-state index contributed by atoms with van der Waals surface area (Å²) >= 11 is 0. The molecule has 0 radical (unpaired) electrons. The van der Waals surface area contributed by atoms with E-state index in [4.69, 9.17) is 4.74 Å². The van der Waals surface area contributed by atoms with Gasteiger partial charge in [-0.1, -0.05) is 24.3 Å². The fourth-order valence-corrected chi connectivity index (χ4v) is 1.78. The van der Waals surface area contributed by atoms with Crippen molar-refractivity contribution in [3.63, 3.8) is 0 Å². The zero-order chi connectivity index (χ0) is 13.7. The van der Waals surface area contributed by atoms with Crippen LogP contribution in [0.4, 0.5) is 10.1 Å². The number of nitrogens with one attached hydrogen (secondary N) is 1. The molecule has 4 heteroatoms. The summed E-state index contributed by atoms with van der Waals surface area (Å²) in [7, 11) is 1.41. The summed E-state index contributed by atoms with van der Waals surface area (Å²) < 4.78 is 18.4. The normalized spacial score (nSPS) is 11.9. The van der Waals surface area contributed by atoms with Crippen LogP contribution in [0.15, 0.2) is 48.5 Å². The average Bonchev–Trinajstić information content (AvgIpc) is 2.45. The highest BCUT2D eigenvalue weighted by molar-refractivity contribution is 5.43. The lowest BCUT2D eigenvalue weighted by Gasteiger charge is -2.14. The topological polar surface area (TPSA) is 41.5 Å². The third kappa shape index (κ3) is 3.45. The molecule has 0 spiro atoms. The number of ether oxygens (including phenoxy) is 1. The third-order valence-electron chi connectivity index (χ3n) is 2.83. The molecule has 0 aliphatic heterocycles. The van der Waals surface area contributed by atoms with Crippen LogP contribution in [-0.4, -0.2) is 18.8 Å². The lowest BCUT2D eigenvalue weighted by Crippen LogP contribution is -2.12. The second kappa shape index (κ2) is 6.20. The summed E-state index contributed by atoms with van der Waals surface area (Å²) in [5, 5.41) is 13.1. The van der Waals surface area contributed by atoms with Gasteiger partial charge in [0.15, 0.2) is 11.6 Å². The molecule has 2 aromatic rings. The second-order valence-electron chi connectivity index (χ2n) is 4.16. The van der Waals surface area contributed by atoms with Crippen molar-refractivity contribution in [2.45, 2.75) is 6.10 Å². The standard InChI is InChI=1S/C15H16FNO2/c1-19-15-8-7-11(9-13(15)16)14(18)10-17-12-5-3-2-4-6-12/h2-9,14,17-18H,10H2,1H3. The molecule has 0 aromatic heterocycles. The van der Waals surface area contributed by atoms with Crippen LogP contribution in [-0.2, 0) is 0 Å². The van der Waals surface area contributed by atoms with Gasteiger partial charge in [0.1, 0.15) is 0 Å². The smallest absolute Gasteiger partial charge is 0.165 e. The van der Waals surface area contributed by atoms with Gasteiger partial charge in [-0.3, -0.25) is 0 Å². The van der Waals surface area contributed by atoms with E-state index in [0.29, 0.717) is 12.1 Å². The molecule has 2 rings (SSSR count). The molecular formula is C15H16FNO2. The van der Waals surface area contributed by atoms with Crippen molar-refractivity contribution in [3.8, 4) is 5.75 Å². The minimum atomic E-state index is -0.777. The third-order valence-corrected chi connectivity index (χ3v) is 2.83. The average molecular weight is 261 g/mol. The summed E-state index contributed by atoms with van der Waals surface area (Å²) in [6, 6.07) is 14.0. The Balaban J connectivity index is 2.00. The number of methoxy groups -OCH3 is 1. The lowest BCUT2D eigenvalue weighted by molar-refractivity contribution is 0.191. The monoisotopic (exact) mass is 261 g/mol. The minimum absolute atomic E-state index is 0.173. The van der Waals surface area contributed by atoms with Gasteiger partial charge in [0.25, 0.3) is 0 Å². The highest BCUT2D eigenvalue weighted by Crippen LogP contribution is 2.22. The van der Waals surface area contributed by atoms with Gasteiger partial charge in [-0.2, -0.15) is 0 Å². The van der Waals surface area contributed by atoms with Crippen LogP contribution < -0.4 is 10.1 Å². The zero-order valence-electron chi connectivity index (χ0n) is 10.6. The minimum Gasteiger partial charge on any atom is -0.494 e. The summed E-state index contributed by atoms with van der Waals surface area (Å²) in [5.74, 6) is -0.300. The van der Waals surface area contributed by atoms with E-state index in [1.165, 1.54) is 19.2 Å². The quantitative estimate of drug-likeness (QED) is 0.869. The Morgan fingerprint density at radius 3 is 2.58 bits per heavy atom. The molecule has 0 heterocycles. The van der Waals surface area contributed by atoms with Crippen LogP contribution in [0.25, 0.3) is 0 Å². The zero-order valence-corrected chi connectivity index (χ0v) is 10.6. The van der Waals surface area contributed by atoms with Crippen LogP contribution in [0, 0.1) is 5.82 Å². The number of aliphatic hydroxyl groups excluding tert-OH is 1. The van der Waals surface area contributed by atoms with Crippen molar-refractivity contribution in [2.75, 3.05) is 19.0 Å². The predicted molar refractivity (Wildman–Crippen MR) is 72.8 cm³/mol. The van der Waals surface area contributed by atoms with E-state index in [-0.39, 0.29) is 5.75 Å². The maximum Gasteiger partial charge on any atom is 0.165 e. The molecule has 0 saturated heterocycles. The molecule has 0 aliphatic carbocycles. The Morgan fingerprint density at radius 1 is 1.21 bits per heavy atom. The van der Waals surface area contributed by atoms with E-state index >= 15 is 0 Å². The fraction of sp³-hybridized carbons (Fsp3) is 0.200. The van der Waals surface area contributed by atoms with Crippen molar-refractivity contribution in [1.82, 2.24) is 0 Å². The van der Waals surface area contributed by atoms with E-state index in [9.17, 15) is 9.50 Å². The molecule has 1 unspecified atom stereocenters. The summed E-state index contributed by atoms with van der Waals surface area (Å²) in [5.41, 5.74) is 1.43. The molecule has 1 atom stereocenters. The number of hydrogen-bond donors (Lipinski definition) is 2. The molecule has 0 bridgehead atoms. The van der Waals surface area contributed by atoms with Gasteiger partial charge in [0.2, 0.25) is 0 Å². The fourth-order valence-electron chi connectivity index (χ4n) is 1.78. The highest BCUT2D eigenvalue weighted by Gasteiger charge is 2.10. The predicted octanol–water partition coefficient (Wildman–Crippen LogP) is 2.98. The van der Waals surface area contributed by atoms with E-state index < -0.39 is 11.9 Å². The Kier molecular flexibility index (Phi) is 4.36. The second-order valence-corrected chi connectivity index (χ2v) is 4.16. The first-order chi connectivity index (χ1) is 9.20. The van der Waals surface area contributed by atoms with E-state index in [1.807, 2.05) is 30.3 Å². The Hall–Kier alpha value is -2.07. The largest absolute Gasteiger partial charge is 0.494 e. The number of aliphatic hydroxyl groups is 1. The molecule has 100 valence electrons. The molecule has 0 saturated carbocycles. The van der Waals surface area contributed by atoms with E-state index in [1.54, 1.807) is 6.07 Å². The maximum atomic E-state index is 13.5. The van der Waals surface area contributed by atoms with E-state index in [0.717, 1.165) is 5.69 Å². The molecule has 3 nitrogen and oxygen atoms in total. The van der Waals surface area contributed by atoms with Crippen molar-refractivity contribution >= 4 is 5.69 Å². The molecule has 0 amide bonds. The van der Waals surface area contributed by atoms with Crippen molar-refractivity contribution in [2.24, 2.45) is 0 Å². The van der Waals surface area contributed by atoms with Gasteiger partial charge in [-0.15, -0.1) is 0 Å². The van der Waals surface area contributed by atoms with Gasteiger partial charge >= 0.3 is 0 Å². The number of benzene rings is 2. The SMILES string of the molecule is COc1ccc(C(O)CNc2ccccc2)cc1F. The number of rotatable bonds is 5. The molecule has 0 fully saturated rings. The summed E-state index contributed by atoms with van der Waals surface area (Å²) in [6.45, 7) is 0.315. The van der Waals surface area contributed by atoms with Gasteiger partial charge < -0.3 is 15.2 Å². The summed E-state index contributed by atoms with van der Waals surface area (Å²) in [4.78, 5) is 0. The molecular weight excluding hydrogens is 245 g/mol. The van der Waals surface area contributed by atoms with E-state index in [2.05, 4.69) is 5.32 Å². The number of hydrogen-bond acceptors (Lipinski definition) is 3. The Morgan fingerprint density at radius 2 is 1.95 bits per heavy atom. The van der Waals surface area contributed by atoms with Crippen molar-refractivity contribution in [3.05, 3.63) is 59.9 Å². The Labute approximate surface area is 111 Å². The number of para-hydroxylation sites is 1. The van der Waals surface area contributed by atoms with Crippen molar-refractivity contribution < 1.29 is 14.2 Å². The van der Waals surface area contributed by atoms with Gasteiger partial charge in [0.05, 0.1) is 13.2 Å². The highest BCUT2D eigenvalue weighted by atomic mass is 19.1. The van der Waals surface area contributed by atoms with Crippen LogP contribution in [0.5, 0.6) is 5.75 Å². The van der Waals surface area contributed by atoms with Crippen LogP contribution in [0.1, 0.15) is 11.7 Å². The first-order valence-electron chi connectivity index (χ1n) is 6.01. The lowest BCUT2D eigenvalue weighted by atomic mass is 10.1. The van der Waals surface area contributed by atoms with Crippen molar-refractivity contribution in [1.29, 1.82) is 0 Å². The molecule has 2 aromatic carbocycles. The maximum absolute atomic E-state index is 13.5. The molecule has 19 heavy (non-hydrogen) atoms. The number of anilines is 1. The van der Waals surface area contributed by atoms with Gasteiger partial charge in [-0.05, 0) is 29.8 Å². The summed E-state index contributed by atoms with van der Waals surface area (Å²) in [6.07, 6.45) is -0.777. The Bertz CT molecular complexity index is 531. The first-order valence-corrected chi connectivity index (χ1v) is 6.01. The first kappa shape index (κ1) is 13.4. The molecule has 2 N–H and O–H groups in total.